The first-order valence-corrected chi connectivity index (χ1v) is 6.29. The van der Waals surface area contributed by atoms with E-state index in [1.165, 1.54) is 11.3 Å². The van der Waals surface area contributed by atoms with Crippen molar-refractivity contribution in [3.63, 3.8) is 0 Å². The average Bonchev–Trinajstić information content (AvgIpc) is 2.86. The van der Waals surface area contributed by atoms with E-state index in [9.17, 15) is 0 Å². The summed E-state index contributed by atoms with van der Waals surface area (Å²) in [5.41, 5.74) is 2.05. The van der Waals surface area contributed by atoms with Crippen LogP contribution in [0, 0.1) is 0 Å². The second-order valence-corrected chi connectivity index (χ2v) is 4.35. The Morgan fingerprint density at radius 2 is 2.11 bits per heavy atom. The van der Waals surface area contributed by atoms with Crippen molar-refractivity contribution in [2.45, 2.75) is 0 Å². The smallest absolute Gasteiger partial charge is 0.188 e. The van der Waals surface area contributed by atoms with Crippen molar-refractivity contribution in [3.05, 3.63) is 60.8 Å². The number of anilines is 1. The van der Waals surface area contributed by atoms with Crippen LogP contribution in [0.2, 0.25) is 0 Å². The van der Waals surface area contributed by atoms with Gasteiger partial charge in [-0.1, -0.05) is 49.6 Å². The van der Waals surface area contributed by atoms with Gasteiger partial charge in [0.05, 0.1) is 5.69 Å². The average molecular weight is 255 g/mol. The highest BCUT2D eigenvalue weighted by atomic mass is 32.1. The van der Waals surface area contributed by atoms with Crippen molar-refractivity contribution < 1.29 is 0 Å². The van der Waals surface area contributed by atoms with E-state index in [1.807, 2.05) is 35.7 Å². The standard InChI is InChI=1S/C14H13N3S/c1-3-9-15-11(2)16-14-17-13(10-18-14)12-7-5-4-6-8-12/h3-10H,1-2H2,(H,16,17)/b15-9-. The molecular formula is C14H13N3S. The monoisotopic (exact) mass is 255 g/mol. The predicted octanol–water partition coefficient (Wildman–Crippen LogP) is 3.95. The molecule has 0 aliphatic heterocycles. The van der Waals surface area contributed by atoms with Gasteiger partial charge in [-0.05, 0) is 0 Å². The predicted molar refractivity (Wildman–Crippen MR) is 79.0 cm³/mol. The Balaban J connectivity index is 2.09. The van der Waals surface area contributed by atoms with Crippen LogP contribution in [-0.2, 0) is 0 Å². The molecule has 90 valence electrons. The maximum atomic E-state index is 4.48. The minimum Gasteiger partial charge on any atom is -0.317 e. The summed E-state index contributed by atoms with van der Waals surface area (Å²) in [7, 11) is 0. The number of allylic oxidation sites excluding steroid dienone is 1. The van der Waals surface area contributed by atoms with Crippen LogP contribution in [0.25, 0.3) is 11.3 Å². The minimum absolute atomic E-state index is 0.545. The SMILES string of the molecule is C=C/C=N\C(=C)Nc1nc(-c2ccccc2)cs1. The maximum Gasteiger partial charge on any atom is 0.188 e. The topological polar surface area (TPSA) is 37.3 Å². The minimum atomic E-state index is 0.545. The molecule has 0 spiro atoms. The van der Waals surface area contributed by atoms with Gasteiger partial charge in [0, 0.05) is 17.2 Å². The summed E-state index contributed by atoms with van der Waals surface area (Å²) >= 11 is 1.52. The van der Waals surface area contributed by atoms with Crippen LogP contribution >= 0.6 is 11.3 Å². The highest BCUT2D eigenvalue weighted by molar-refractivity contribution is 7.14. The molecule has 1 aromatic heterocycles. The Kier molecular flexibility index (Phi) is 4.04. The van der Waals surface area contributed by atoms with Crippen LogP contribution in [-0.4, -0.2) is 11.2 Å². The van der Waals surface area contributed by atoms with Gasteiger partial charge >= 0.3 is 0 Å². The third kappa shape index (κ3) is 3.15. The highest BCUT2D eigenvalue weighted by Gasteiger charge is 2.03. The lowest BCUT2D eigenvalue weighted by molar-refractivity contribution is 1.29. The highest BCUT2D eigenvalue weighted by Crippen LogP contribution is 2.25. The van der Waals surface area contributed by atoms with E-state index in [-0.39, 0.29) is 0 Å². The lowest BCUT2D eigenvalue weighted by Gasteiger charge is -1.99. The Bertz CT molecular complexity index is 570. The zero-order chi connectivity index (χ0) is 12.8. The number of aliphatic imine (C=N–C) groups is 1. The first-order chi connectivity index (χ1) is 8.79. The van der Waals surface area contributed by atoms with Crippen molar-refractivity contribution in [3.8, 4) is 11.3 Å². The van der Waals surface area contributed by atoms with Crippen LogP contribution in [0.1, 0.15) is 0 Å². The van der Waals surface area contributed by atoms with E-state index < -0.39 is 0 Å². The molecular weight excluding hydrogens is 242 g/mol. The van der Waals surface area contributed by atoms with Gasteiger partial charge in [0.15, 0.2) is 5.13 Å². The Hall–Kier alpha value is -2.20. The van der Waals surface area contributed by atoms with Crippen molar-refractivity contribution in [2.75, 3.05) is 5.32 Å². The number of benzene rings is 1. The fourth-order valence-electron chi connectivity index (χ4n) is 1.37. The molecule has 0 aliphatic carbocycles. The van der Waals surface area contributed by atoms with E-state index in [4.69, 9.17) is 0 Å². The zero-order valence-electron chi connectivity index (χ0n) is 9.84. The second kappa shape index (κ2) is 5.93. The van der Waals surface area contributed by atoms with Crippen LogP contribution in [0.3, 0.4) is 0 Å². The van der Waals surface area contributed by atoms with Gasteiger partial charge in [-0.15, -0.1) is 11.3 Å². The summed E-state index contributed by atoms with van der Waals surface area (Å²) < 4.78 is 0. The van der Waals surface area contributed by atoms with E-state index >= 15 is 0 Å². The molecule has 1 N–H and O–H groups in total. The molecule has 1 aromatic carbocycles. The number of aromatic nitrogens is 1. The fourth-order valence-corrected chi connectivity index (χ4v) is 2.11. The second-order valence-electron chi connectivity index (χ2n) is 3.49. The number of hydrogen-bond acceptors (Lipinski definition) is 4. The zero-order valence-corrected chi connectivity index (χ0v) is 10.7. The van der Waals surface area contributed by atoms with Crippen molar-refractivity contribution in [1.82, 2.24) is 4.98 Å². The molecule has 18 heavy (non-hydrogen) atoms. The van der Waals surface area contributed by atoms with Gasteiger partial charge in [0.1, 0.15) is 5.82 Å². The van der Waals surface area contributed by atoms with Crippen molar-refractivity contribution in [1.29, 1.82) is 0 Å². The lowest BCUT2D eigenvalue weighted by Crippen LogP contribution is -1.94. The first kappa shape index (κ1) is 12.3. The van der Waals surface area contributed by atoms with Gasteiger partial charge in [-0.25, -0.2) is 9.98 Å². The molecule has 1 heterocycles. The number of thiazole rings is 1. The van der Waals surface area contributed by atoms with Gasteiger partial charge in [0.2, 0.25) is 0 Å². The third-order valence-electron chi connectivity index (χ3n) is 2.16. The Morgan fingerprint density at radius 3 is 2.83 bits per heavy atom. The number of nitrogens with one attached hydrogen (secondary N) is 1. The fraction of sp³-hybridized carbons (Fsp3) is 0. The molecule has 0 fully saturated rings. The number of nitrogens with zero attached hydrogens (tertiary/aromatic N) is 2. The van der Waals surface area contributed by atoms with Gasteiger partial charge in [-0.3, -0.25) is 0 Å². The maximum absolute atomic E-state index is 4.48. The van der Waals surface area contributed by atoms with Crippen molar-refractivity contribution in [2.24, 2.45) is 4.99 Å². The summed E-state index contributed by atoms with van der Waals surface area (Å²) in [6.07, 6.45) is 3.19. The molecule has 0 unspecified atom stereocenters. The van der Waals surface area contributed by atoms with Crippen LogP contribution in [0.15, 0.2) is 65.8 Å². The van der Waals surface area contributed by atoms with Crippen LogP contribution < -0.4 is 5.32 Å². The molecule has 2 aromatic rings. The molecule has 0 saturated heterocycles. The normalized spacial score (nSPS) is 10.4. The molecule has 0 radical (unpaired) electrons. The first-order valence-electron chi connectivity index (χ1n) is 5.41. The van der Waals surface area contributed by atoms with Crippen LogP contribution in [0.5, 0.6) is 0 Å². The molecule has 2 rings (SSSR count). The molecule has 0 atom stereocenters. The molecule has 4 heteroatoms. The Morgan fingerprint density at radius 1 is 1.33 bits per heavy atom. The summed E-state index contributed by atoms with van der Waals surface area (Å²) in [6.45, 7) is 7.33. The quantitative estimate of drug-likeness (QED) is 0.821. The van der Waals surface area contributed by atoms with E-state index in [0.29, 0.717) is 5.82 Å². The van der Waals surface area contributed by atoms with Crippen molar-refractivity contribution >= 4 is 22.7 Å². The van der Waals surface area contributed by atoms with Crippen LogP contribution in [0.4, 0.5) is 5.13 Å². The molecule has 0 aliphatic rings. The van der Waals surface area contributed by atoms with E-state index in [0.717, 1.165) is 16.4 Å². The third-order valence-corrected chi connectivity index (χ3v) is 2.92. The molecule has 0 amide bonds. The number of rotatable bonds is 5. The van der Waals surface area contributed by atoms with E-state index in [1.54, 1.807) is 12.3 Å². The molecule has 3 nitrogen and oxygen atoms in total. The number of hydrogen-bond donors (Lipinski definition) is 1. The van der Waals surface area contributed by atoms with Gasteiger partial charge in [0.25, 0.3) is 0 Å². The lowest BCUT2D eigenvalue weighted by atomic mass is 10.2. The van der Waals surface area contributed by atoms with E-state index in [2.05, 4.69) is 28.5 Å². The van der Waals surface area contributed by atoms with Gasteiger partial charge < -0.3 is 5.32 Å². The largest absolute Gasteiger partial charge is 0.317 e. The summed E-state index contributed by atoms with van der Waals surface area (Å²) in [5.74, 6) is 0.545. The summed E-state index contributed by atoms with van der Waals surface area (Å²) in [5, 5.41) is 5.81. The molecule has 0 bridgehead atoms. The van der Waals surface area contributed by atoms with Gasteiger partial charge in [-0.2, -0.15) is 0 Å². The Labute approximate surface area is 110 Å². The molecule has 0 saturated carbocycles. The summed E-state index contributed by atoms with van der Waals surface area (Å²) in [4.78, 5) is 8.51. The summed E-state index contributed by atoms with van der Waals surface area (Å²) in [6, 6.07) is 10.0.